The Labute approximate surface area is 154 Å². The van der Waals surface area contributed by atoms with Gasteiger partial charge in [-0.25, -0.2) is 0 Å². The maximum Gasteiger partial charge on any atom is 0.0544 e. The Kier molecular flexibility index (Phi) is 9.36. The van der Waals surface area contributed by atoms with Crippen LogP contribution in [-0.2, 0) is 13.1 Å². The smallest absolute Gasteiger partial charge is 0.0544 e. The third-order valence-corrected chi connectivity index (χ3v) is 3.75. The van der Waals surface area contributed by atoms with Crippen molar-refractivity contribution in [3.8, 4) is 0 Å². The van der Waals surface area contributed by atoms with Crippen molar-refractivity contribution >= 4 is 0 Å². The number of pyridine rings is 2. The van der Waals surface area contributed by atoms with Crippen LogP contribution < -0.4 is 0 Å². The van der Waals surface area contributed by atoms with Gasteiger partial charge in [0.2, 0.25) is 0 Å². The van der Waals surface area contributed by atoms with Gasteiger partial charge >= 0.3 is 0 Å². The van der Waals surface area contributed by atoms with E-state index >= 15 is 0 Å². The molecule has 0 bridgehead atoms. The molecule has 3 heteroatoms. The number of aromatic nitrogens is 2. The van der Waals surface area contributed by atoms with E-state index in [-0.39, 0.29) is 0 Å². The zero-order valence-electron chi connectivity index (χ0n) is 16.9. The highest BCUT2D eigenvalue weighted by Crippen LogP contribution is 2.25. The van der Waals surface area contributed by atoms with Crippen LogP contribution >= 0.6 is 0 Å². The molecule has 1 atom stereocenters. The summed E-state index contributed by atoms with van der Waals surface area (Å²) in [6, 6.07) is 12.2. The van der Waals surface area contributed by atoms with Crippen molar-refractivity contribution in [1.82, 2.24) is 14.9 Å². The van der Waals surface area contributed by atoms with Crippen molar-refractivity contribution in [2.75, 3.05) is 6.54 Å². The first-order chi connectivity index (χ1) is 11.9. The lowest BCUT2D eigenvalue weighted by molar-refractivity contribution is 0.184. The van der Waals surface area contributed by atoms with Crippen molar-refractivity contribution in [2.45, 2.75) is 61.1 Å². The SMILES string of the molecule is CC.CC(CN(Cc1ccccn1)Cc1ccccn1)CC(C)(C)C. The van der Waals surface area contributed by atoms with Gasteiger partial charge < -0.3 is 0 Å². The molecule has 0 saturated heterocycles. The van der Waals surface area contributed by atoms with E-state index in [1.165, 1.54) is 6.42 Å². The van der Waals surface area contributed by atoms with Crippen LogP contribution in [0.5, 0.6) is 0 Å². The van der Waals surface area contributed by atoms with Crippen LogP contribution in [0.4, 0.5) is 0 Å². The topological polar surface area (TPSA) is 29.0 Å². The quantitative estimate of drug-likeness (QED) is 0.658. The van der Waals surface area contributed by atoms with Crippen LogP contribution in [0.3, 0.4) is 0 Å². The molecule has 0 saturated carbocycles. The van der Waals surface area contributed by atoms with Gasteiger partial charge in [0.25, 0.3) is 0 Å². The molecule has 0 aliphatic heterocycles. The molecule has 2 rings (SSSR count). The Morgan fingerprint density at radius 2 is 1.36 bits per heavy atom. The van der Waals surface area contributed by atoms with E-state index in [2.05, 4.69) is 66.8 Å². The average molecular weight is 342 g/mol. The van der Waals surface area contributed by atoms with Crippen molar-refractivity contribution < 1.29 is 0 Å². The van der Waals surface area contributed by atoms with E-state index < -0.39 is 0 Å². The largest absolute Gasteiger partial charge is 0.291 e. The summed E-state index contributed by atoms with van der Waals surface area (Å²) in [5.41, 5.74) is 2.60. The first-order valence-electron chi connectivity index (χ1n) is 9.44. The Morgan fingerprint density at radius 3 is 1.72 bits per heavy atom. The molecule has 25 heavy (non-hydrogen) atoms. The van der Waals surface area contributed by atoms with Crippen molar-refractivity contribution in [1.29, 1.82) is 0 Å². The van der Waals surface area contributed by atoms with Gasteiger partial charge in [-0.05, 0) is 42.0 Å². The fourth-order valence-corrected chi connectivity index (χ4v) is 3.18. The second-order valence-corrected chi connectivity index (χ2v) is 7.68. The molecular formula is C22H35N3. The Balaban J connectivity index is 0.00000151. The maximum absolute atomic E-state index is 4.48. The summed E-state index contributed by atoms with van der Waals surface area (Å²) in [6.07, 6.45) is 4.95. The number of rotatable bonds is 7. The van der Waals surface area contributed by atoms with E-state index in [4.69, 9.17) is 0 Å². The van der Waals surface area contributed by atoms with Crippen LogP contribution in [0.2, 0.25) is 0 Å². The minimum absolute atomic E-state index is 0.362. The Bertz CT molecular complexity index is 519. The summed E-state index contributed by atoms with van der Waals surface area (Å²) in [6.45, 7) is 16.1. The molecule has 0 radical (unpaired) electrons. The second kappa shape index (κ2) is 11.0. The van der Waals surface area contributed by atoms with Gasteiger partial charge in [-0.2, -0.15) is 0 Å². The number of nitrogens with zero attached hydrogens (tertiary/aromatic N) is 3. The zero-order chi connectivity index (χ0) is 18.7. The summed E-state index contributed by atoms with van der Waals surface area (Å²) in [7, 11) is 0. The molecule has 0 N–H and O–H groups in total. The molecule has 0 aliphatic carbocycles. The summed E-state index contributed by atoms with van der Waals surface area (Å²) < 4.78 is 0. The fourth-order valence-electron chi connectivity index (χ4n) is 3.18. The van der Waals surface area contributed by atoms with Gasteiger partial charge in [0.15, 0.2) is 0 Å². The normalized spacial score (nSPS) is 12.4. The minimum atomic E-state index is 0.362. The van der Waals surface area contributed by atoms with E-state index in [1.807, 2.05) is 38.4 Å². The van der Waals surface area contributed by atoms with Crippen molar-refractivity contribution in [3.63, 3.8) is 0 Å². The monoisotopic (exact) mass is 341 g/mol. The van der Waals surface area contributed by atoms with E-state index in [0.717, 1.165) is 31.0 Å². The lowest BCUT2D eigenvalue weighted by Crippen LogP contribution is -2.30. The molecule has 2 aromatic rings. The predicted molar refractivity (Wildman–Crippen MR) is 107 cm³/mol. The molecule has 0 spiro atoms. The van der Waals surface area contributed by atoms with Crippen LogP contribution in [-0.4, -0.2) is 21.4 Å². The Morgan fingerprint density at radius 1 is 0.880 bits per heavy atom. The lowest BCUT2D eigenvalue weighted by Gasteiger charge is -2.29. The van der Waals surface area contributed by atoms with Gasteiger partial charge in [-0.3, -0.25) is 14.9 Å². The second-order valence-electron chi connectivity index (χ2n) is 7.68. The van der Waals surface area contributed by atoms with Gasteiger partial charge in [0, 0.05) is 32.0 Å². The molecule has 2 heterocycles. The lowest BCUT2D eigenvalue weighted by atomic mass is 9.85. The van der Waals surface area contributed by atoms with Crippen LogP contribution in [0.1, 0.15) is 59.4 Å². The number of hydrogen-bond donors (Lipinski definition) is 0. The van der Waals surface area contributed by atoms with Crippen LogP contribution in [0, 0.1) is 11.3 Å². The molecule has 138 valence electrons. The Hall–Kier alpha value is -1.74. The summed E-state index contributed by atoms with van der Waals surface area (Å²) in [5, 5.41) is 0. The summed E-state index contributed by atoms with van der Waals surface area (Å²) in [5.74, 6) is 0.641. The summed E-state index contributed by atoms with van der Waals surface area (Å²) in [4.78, 5) is 11.4. The standard InChI is InChI=1S/C20H29N3.C2H6/c1-17(13-20(2,3)4)14-23(15-18-9-5-7-11-21-18)16-19-10-6-8-12-22-19;1-2/h5-12,17H,13-16H2,1-4H3;1-2H3. The molecule has 0 amide bonds. The maximum atomic E-state index is 4.48. The zero-order valence-corrected chi connectivity index (χ0v) is 16.9. The predicted octanol–water partition coefficient (Wildman–Crippen LogP) is 5.58. The highest BCUT2D eigenvalue weighted by atomic mass is 15.1. The minimum Gasteiger partial charge on any atom is -0.291 e. The molecular weight excluding hydrogens is 306 g/mol. The first-order valence-corrected chi connectivity index (χ1v) is 9.44. The summed E-state index contributed by atoms with van der Waals surface area (Å²) >= 11 is 0. The average Bonchev–Trinajstić information content (AvgIpc) is 2.56. The molecule has 0 fully saturated rings. The third-order valence-electron chi connectivity index (χ3n) is 3.75. The van der Waals surface area contributed by atoms with E-state index in [0.29, 0.717) is 11.3 Å². The van der Waals surface area contributed by atoms with Crippen molar-refractivity contribution in [2.24, 2.45) is 11.3 Å². The molecule has 0 aliphatic rings. The van der Waals surface area contributed by atoms with Crippen LogP contribution in [0.15, 0.2) is 48.8 Å². The number of hydrogen-bond acceptors (Lipinski definition) is 3. The fraction of sp³-hybridized carbons (Fsp3) is 0.545. The highest BCUT2D eigenvalue weighted by Gasteiger charge is 2.18. The van der Waals surface area contributed by atoms with Gasteiger partial charge in [-0.15, -0.1) is 0 Å². The van der Waals surface area contributed by atoms with Crippen molar-refractivity contribution in [3.05, 3.63) is 60.2 Å². The molecule has 3 nitrogen and oxygen atoms in total. The van der Waals surface area contributed by atoms with E-state index in [9.17, 15) is 0 Å². The molecule has 2 aromatic heterocycles. The van der Waals surface area contributed by atoms with E-state index in [1.54, 1.807) is 0 Å². The highest BCUT2D eigenvalue weighted by molar-refractivity contribution is 5.06. The van der Waals surface area contributed by atoms with Gasteiger partial charge in [0.1, 0.15) is 0 Å². The molecule has 0 aromatic carbocycles. The molecule has 1 unspecified atom stereocenters. The van der Waals surface area contributed by atoms with Gasteiger partial charge in [-0.1, -0.05) is 53.7 Å². The van der Waals surface area contributed by atoms with Crippen LogP contribution in [0.25, 0.3) is 0 Å². The third kappa shape index (κ3) is 9.35. The van der Waals surface area contributed by atoms with Gasteiger partial charge in [0.05, 0.1) is 11.4 Å². The first kappa shape index (κ1) is 21.3.